The second-order valence-corrected chi connectivity index (χ2v) is 4.71. The molecule has 0 spiro atoms. The van der Waals surface area contributed by atoms with Crippen LogP contribution in [0.25, 0.3) is 0 Å². The average molecular weight is 272 g/mol. The summed E-state index contributed by atoms with van der Waals surface area (Å²) in [5.41, 5.74) is 0.405. The summed E-state index contributed by atoms with van der Waals surface area (Å²) in [6.45, 7) is 3.62. The van der Waals surface area contributed by atoms with Gasteiger partial charge in [-0.15, -0.1) is 0 Å². The summed E-state index contributed by atoms with van der Waals surface area (Å²) in [6.07, 6.45) is 0. The van der Waals surface area contributed by atoms with Crippen molar-refractivity contribution in [3.63, 3.8) is 0 Å². The van der Waals surface area contributed by atoms with E-state index in [-0.39, 0.29) is 10.4 Å². The van der Waals surface area contributed by atoms with E-state index in [0.717, 1.165) is 13.1 Å². The zero-order chi connectivity index (χ0) is 11.0. The molecule has 0 unspecified atom stereocenters. The molecule has 1 aliphatic heterocycles. The molecule has 1 amide bonds. The van der Waals surface area contributed by atoms with Crippen LogP contribution in [0, 0.1) is 11.7 Å². The molecule has 2 rings (SSSR count). The number of hydrogen-bond acceptors (Lipinski definition) is 1. The van der Waals surface area contributed by atoms with Crippen LogP contribution in [0.5, 0.6) is 0 Å². The molecule has 0 aliphatic carbocycles. The van der Waals surface area contributed by atoms with Gasteiger partial charge < -0.3 is 4.90 Å². The zero-order valence-corrected chi connectivity index (χ0v) is 9.92. The van der Waals surface area contributed by atoms with Crippen molar-refractivity contribution in [2.24, 2.45) is 5.92 Å². The van der Waals surface area contributed by atoms with Gasteiger partial charge in [0.1, 0.15) is 5.82 Å². The number of amides is 1. The number of carbonyl (C=O) groups is 1. The highest BCUT2D eigenvalue weighted by Gasteiger charge is 2.29. The van der Waals surface area contributed by atoms with E-state index >= 15 is 0 Å². The fourth-order valence-corrected chi connectivity index (χ4v) is 2.14. The van der Waals surface area contributed by atoms with Crippen LogP contribution in [0.1, 0.15) is 17.3 Å². The van der Waals surface area contributed by atoms with Gasteiger partial charge in [-0.1, -0.05) is 13.0 Å². The highest BCUT2D eigenvalue weighted by molar-refractivity contribution is 9.10. The van der Waals surface area contributed by atoms with Crippen molar-refractivity contribution in [2.75, 3.05) is 13.1 Å². The lowest BCUT2D eigenvalue weighted by Crippen LogP contribution is -2.48. The molecule has 1 aliphatic rings. The van der Waals surface area contributed by atoms with Gasteiger partial charge in [0.05, 0.1) is 10.0 Å². The summed E-state index contributed by atoms with van der Waals surface area (Å²) in [4.78, 5) is 13.6. The molecule has 1 heterocycles. The van der Waals surface area contributed by atoms with E-state index in [9.17, 15) is 9.18 Å². The Balaban J connectivity index is 2.22. The number of nitrogens with zero attached hydrogens (tertiary/aromatic N) is 1. The summed E-state index contributed by atoms with van der Waals surface area (Å²) in [7, 11) is 0. The van der Waals surface area contributed by atoms with E-state index < -0.39 is 5.82 Å². The van der Waals surface area contributed by atoms with Crippen molar-refractivity contribution in [1.82, 2.24) is 4.90 Å². The van der Waals surface area contributed by atoms with Crippen LogP contribution in [0.2, 0.25) is 0 Å². The Morgan fingerprint density at radius 3 is 2.80 bits per heavy atom. The molecular formula is C11H11BrFNO. The van der Waals surface area contributed by atoms with Crippen LogP contribution in [-0.4, -0.2) is 23.9 Å². The molecule has 0 atom stereocenters. The van der Waals surface area contributed by atoms with E-state index in [0.29, 0.717) is 11.5 Å². The van der Waals surface area contributed by atoms with Crippen LogP contribution in [0.15, 0.2) is 22.7 Å². The maximum absolute atomic E-state index is 13.2. The summed E-state index contributed by atoms with van der Waals surface area (Å²) in [5.74, 6) is 0.0650. The van der Waals surface area contributed by atoms with Crippen LogP contribution in [0.3, 0.4) is 0 Å². The lowest BCUT2D eigenvalue weighted by molar-refractivity contribution is 0.0529. The first-order valence-corrected chi connectivity index (χ1v) is 5.62. The van der Waals surface area contributed by atoms with Gasteiger partial charge in [0, 0.05) is 13.1 Å². The van der Waals surface area contributed by atoms with Crippen LogP contribution in [-0.2, 0) is 0 Å². The third-order valence-corrected chi connectivity index (χ3v) is 3.34. The number of likely N-dealkylation sites (tertiary alicyclic amines) is 1. The van der Waals surface area contributed by atoms with Gasteiger partial charge in [0.25, 0.3) is 5.91 Å². The van der Waals surface area contributed by atoms with Crippen molar-refractivity contribution in [3.05, 3.63) is 34.1 Å². The Morgan fingerprint density at radius 2 is 2.20 bits per heavy atom. The lowest BCUT2D eigenvalue weighted by atomic mass is 10.0. The van der Waals surface area contributed by atoms with Gasteiger partial charge in [-0.05, 0) is 34.0 Å². The third kappa shape index (κ3) is 1.91. The van der Waals surface area contributed by atoms with E-state index in [2.05, 4.69) is 22.9 Å². The van der Waals surface area contributed by atoms with E-state index in [1.54, 1.807) is 17.0 Å². The van der Waals surface area contributed by atoms with Crippen molar-refractivity contribution >= 4 is 21.8 Å². The smallest absolute Gasteiger partial charge is 0.255 e. The SMILES string of the molecule is CC1CN(C(=O)c2cccc(F)c2Br)C1. The number of rotatable bonds is 1. The van der Waals surface area contributed by atoms with Gasteiger partial charge in [-0.3, -0.25) is 4.79 Å². The minimum absolute atomic E-state index is 0.0977. The largest absolute Gasteiger partial charge is 0.338 e. The number of carbonyl (C=O) groups excluding carboxylic acids is 1. The second kappa shape index (κ2) is 3.93. The summed E-state index contributed by atoms with van der Waals surface area (Å²) >= 11 is 3.09. The predicted octanol–water partition coefficient (Wildman–Crippen LogP) is 2.68. The molecule has 0 bridgehead atoms. The van der Waals surface area contributed by atoms with Crippen LogP contribution >= 0.6 is 15.9 Å². The fraction of sp³-hybridized carbons (Fsp3) is 0.364. The number of halogens is 2. The zero-order valence-electron chi connectivity index (χ0n) is 8.34. The molecule has 1 fully saturated rings. The van der Waals surface area contributed by atoms with Crippen LogP contribution in [0.4, 0.5) is 4.39 Å². The minimum Gasteiger partial charge on any atom is -0.338 e. The highest BCUT2D eigenvalue weighted by atomic mass is 79.9. The topological polar surface area (TPSA) is 20.3 Å². The van der Waals surface area contributed by atoms with E-state index in [4.69, 9.17) is 0 Å². The molecule has 1 saturated heterocycles. The molecule has 80 valence electrons. The molecule has 1 aromatic carbocycles. The standard InChI is InChI=1S/C11H11BrFNO/c1-7-5-14(6-7)11(15)8-3-2-4-9(13)10(8)12/h2-4,7H,5-6H2,1H3. The van der Waals surface area contributed by atoms with Crippen molar-refractivity contribution < 1.29 is 9.18 Å². The monoisotopic (exact) mass is 271 g/mol. The van der Waals surface area contributed by atoms with E-state index in [1.807, 2.05) is 0 Å². The van der Waals surface area contributed by atoms with Crippen molar-refractivity contribution in [3.8, 4) is 0 Å². The average Bonchev–Trinajstić information content (AvgIpc) is 2.16. The van der Waals surface area contributed by atoms with Gasteiger partial charge in [0.2, 0.25) is 0 Å². The van der Waals surface area contributed by atoms with Gasteiger partial charge in [-0.25, -0.2) is 4.39 Å². The first-order chi connectivity index (χ1) is 7.09. The maximum atomic E-state index is 13.2. The van der Waals surface area contributed by atoms with Crippen molar-refractivity contribution in [2.45, 2.75) is 6.92 Å². The minimum atomic E-state index is -0.394. The quantitative estimate of drug-likeness (QED) is 0.769. The Hall–Kier alpha value is -0.900. The summed E-state index contributed by atoms with van der Waals surface area (Å²) in [6, 6.07) is 4.52. The molecular weight excluding hydrogens is 261 g/mol. The predicted molar refractivity (Wildman–Crippen MR) is 59.2 cm³/mol. The molecule has 0 saturated carbocycles. The molecule has 1 aromatic rings. The fourth-order valence-electron chi connectivity index (χ4n) is 1.70. The van der Waals surface area contributed by atoms with E-state index in [1.165, 1.54) is 6.07 Å². The lowest BCUT2D eigenvalue weighted by Gasteiger charge is -2.37. The van der Waals surface area contributed by atoms with Crippen LogP contribution < -0.4 is 0 Å². The second-order valence-electron chi connectivity index (χ2n) is 3.92. The Bertz CT molecular complexity index is 402. The third-order valence-electron chi connectivity index (χ3n) is 2.53. The highest BCUT2D eigenvalue weighted by Crippen LogP contribution is 2.24. The Labute approximate surface area is 96.2 Å². The molecule has 0 N–H and O–H groups in total. The Morgan fingerprint density at radius 1 is 1.53 bits per heavy atom. The normalized spacial score (nSPS) is 16.3. The number of benzene rings is 1. The first-order valence-electron chi connectivity index (χ1n) is 4.83. The van der Waals surface area contributed by atoms with Gasteiger partial charge >= 0.3 is 0 Å². The molecule has 15 heavy (non-hydrogen) atoms. The molecule has 0 aromatic heterocycles. The van der Waals surface area contributed by atoms with Gasteiger partial charge in [0.15, 0.2) is 0 Å². The molecule has 0 radical (unpaired) electrons. The summed E-state index contributed by atoms with van der Waals surface area (Å²) < 4.78 is 13.4. The van der Waals surface area contributed by atoms with Crippen molar-refractivity contribution in [1.29, 1.82) is 0 Å². The molecule has 4 heteroatoms. The Kier molecular flexibility index (Phi) is 2.78. The maximum Gasteiger partial charge on any atom is 0.255 e. The first kappa shape index (κ1) is 10.6. The summed E-state index contributed by atoms with van der Waals surface area (Å²) in [5, 5.41) is 0. The number of hydrogen-bond donors (Lipinski definition) is 0. The van der Waals surface area contributed by atoms with Gasteiger partial charge in [-0.2, -0.15) is 0 Å². The molecule has 2 nitrogen and oxygen atoms in total.